The molecule has 1 N–H and O–H groups in total. The van der Waals surface area contributed by atoms with Crippen LogP contribution >= 0.6 is 0 Å². The molecule has 1 aliphatic rings. The third-order valence-corrected chi connectivity index (χ3v) is 6.31. The number of amides is 1. The highest BCUT2D eigenvalue weighted by atomic mass is 16.6. The number of cyclic esters (lactones) is 2. The fourth-order valence-corrected chi connectivity index (χ4v) is 3.98. The molecule has 0 saturated carbocycles. The molecule has 1 amide bonds. The molecule has 5 atom stereocenters. The number of rotatable bonds is 4. The number of ether oxygens (including phenoxy) is 4. The Morgan fingerprint density at radius 3 is 2.34 bits per heavy atom. The van der Waals surface area contributed by atoms with Gasteiger partial charge in [-0.25, -0.2) is 4.79 Å². The van der Waals surface area contributed by atoms with E-state index in [1.165, 1.54) is 0 Å². The highest BCUT2D eigenvalue weighted by Crippen LogP contribution is 2.17. The summed E-state index contributed by atoms with van der Waals surface area (Å²) in [6.45, 7) is 4.13. The molecule has 194 valence electrons. The van der Waals surface area contributed by atoms with Crippen molar-refractivity contribution in [2.75, 3.05) is 27.4 Å². The van der Waals surface area contributed by atoms with Crippen LogP contribution in [-0.4, -0.2) is 63.5 Å². The third-order valence-electron chi connectivity index (χ3n) is 6.31. The first-order valence-corrected chi connectivity index (χ1v) is 12.2. The number of methoxy groups -OCH3 is 2. The summed E-state index contributed by atoms with van der Waals surface area (Å²) in [6, 6.07) is 8.67. The lowest BCUT2D eigenvalue weighted by molar-refractivity contribution is -0.152. The van der Waals surface area contributed by atoms with Gasteiger partial charge in [0.2, 0.25) is 5.91 Å². The van der Waals surface area contributed by atoms with E-state index in [0.717, 1.165) is 5.56 Å². The average Bonchev–Trinajstić information content (AvgIpc) is 2.84. The maximum Gasteiger partial charge on any atom is 0.329 e. The molecule has 0 aliphatic carbocycles. The van der Waals surface area contributed by atoms with Gasteiger partial charge in [0.25, 0.3) is 0 Å². The van der Waals surface area contributed by atoms with Crippen LogP contribution in [0, 0.1) is 11.8 Å². The van der Waals surface area contributed by atoms with E-state index in [1.807, 2.05) is 50.3 Å². The summed E-state index contributed by atoms with van der Waals surface area (Å²) in [7, 11) is 3.14. The van der Waals surface area contributed by atoms with Crippen molar-refractivity contribution in [2.24, 2.45) is 11.8 Å². The quantitative estimate of drug-likeness (QED) is 0.512. The van der Waals surface area contributed by atoms with Crippen LogP contribution in [0.5, 0.6) is 0 Å². The molecule has 1 aromatic rings. The molecule has 1 heterocycles. The predicted molar refractivity (Wildman–Crippen MR) is 132 cm³/mol. The van der Waals surface area contributed by atoms with Gasteiger partial charge in [-0.15, -0.1) is 0 Å². The molecule has 2 rings (SSSR count). The topological polar surface area (TPSA) is 100 Å². The predicted octanol–water partition coefficient (Wildman–Crippen LogP) is 3.23. The first-order valence-electron chi connectivity index (χ1n) is 12.2. The fraction of sp³-hybridized carbons (Fsp3) is 0.593. The normalized spacial score (nSPS) is 28.1. The van der Waals surface area contributed by atoms with Gasteiger partial charge in [-0.05, 0) is 24.3 Å². The van der Waals surface area contributed by atoms with Crippen LogP contribution in [0.1, 0.15) is 45.1 Å². The van der Waals surface area contributed by atoms with E-state index in [4.69, 9.17) is 18.9 Å². The molecule has 35 heavy (non-hydrogen) atoms. The largest absolute Gasteiger partial charge is 0.463 e. The van der Waals surface area contributed by atoms with Crippen molar-refractivity contribution in [1.82, 2.24) is 5.32 Å². The summed E-state index contributed by atoms with van der Waals surface area (Å²) < 4.78 is 22.0. The summed E-state index contributed by atoms with van der Waals surface area (Å²) >= 11 is 0. The Labute approximate surface area is 208 Å². The lowest BCUT2D eigenvalue weighted by Crippen LogP contribution is -2.44. The van der Waals surface area contributed by atoms with Crippen molar-refractivity contribution >= 4 is 17.8 Å². The molecule has 8 nitrogen and oxygen atoms in total. The zero-order chi connectivity index (χ0) is 25.6. The first kappa shape index (κ1) is 28.5. The van der Waals surface area contributed by atoms with Crippen LogP contribution in [-0.2, 0) is 39.8 Å². The summed E-state index contributed by atoms with van der Waals surface area (Å²) in [4.78, 5) is 37.8. The Hall–Kier alpha value is -2.71. The first-order chi connectivity index (χ1) is 16.8. The number of hydrogen-bond donors (Lipinski definition) is 1. The van der Waals surface area contributed by atoms with Crippen LogP contribution in [0.2, 0.25) is 0 Å². The van der Waals surface area contributed by atoms with Crippen molar-refractivity contribution < 1.29 is 33.3 Å². The third kappa shape index (κ3) is 10.2. The number of benzene rings is 1. The van der Waals surface area contributed by atoms with E-state index in [9.17, 15) is 14.4 Å². The standard InChI is InChI=1S/C27H39NO7/c1-19-10-8-14-25(29)28-22(16-21-12-6-5-7-13-21)27(31)35-18-24(33-4)20(2)11-9-15-26(30)34-17-23(19)32-3/h5-8,10,12-13,19-20,22-24H,9,11,14-18H2,1-4H3,(H,28,29)/t19-,20-,22+,23-,24-/m1/s1. The van der Waals surface area contributed by atoms with Crippen molar-refractivity contribution in [3.63, 3.8) is 0 Å². The van der Waals surface area contributed by atoms with E-state index in [-0.39, 0.29) is 55.6 Å². The second-order valence-corrected chi connectivity index (χ2v) is 9.03. The van der Waals surface area contributed by atoms with Crippen LogP contribution in [0.25, 0.3) is 0 Å². The molecule has 0 bridgehead atoms. The second kappa shape index (κ2) is 15.3. The van der Waals surface area contributed by atoms with Gasteiger partial charge >= 0.3 is 11.9 Å². The molecule has 1 aromatic carbocycles. The van der Waals surface area contributed by atoms with Gasteiger partial charge in [-0.1, -0.05) is 56.3 Å². The molecule has 8 heteroatoms. The number of carbonyl (C=O) groups excluding carboxylic acids is 3. The molecule has 0 unspecified atom stereocenters. The monoisotopic (exact) mass is 489 g/mol. The molecular formula is C27H39NO7. The summed E-state index contributed by atoms with van der Waals surface area (Å²) in [6.07, 6.45) is 4.99. The van der Waals surface area contributed by atoms with E-state index in [0.29, 0.717) is 25.7 Å². The van der Waals surface area contributed by atoms with E-state index < -0.39 is 12.0 Å². The van der Waals surface area contributed by atoms with Crippen molar-refractivity contribution in [3.8, 4) is 0 Å². The number of nitrogens with one attached hydrogen (secondary N) is 1. The molecule has 0 aromatic heterocycles. The highest BCUT2D eigenvalue weighted by molar-refractivity contribution is 5.85. The molecule has 1 aliphatic heterocycles. The summed E-state index contributed by atoms with van der Waals surface area (Å²) in [5, 5.41) is 2.81. The maximum atomic E-state index is 13.0. The minimum absolute atomic E-state index is 0.0563. The Morgan fingerprint density at radius 2 is 1.66 bits per heavy atom. The van der Waals surface area contributed by atoms with Gasteiger partial charge in [0.05, 0.1) is 12.2 Å². The zero-order valence-electron chi connectivity index (χ0n) is 21.2. The van der Waals surface area contributed by atoms with Crippen molar-refractivity contribution in [1.29, 1.82) is 0 Å². The lowest BCUT2D eigenvalue weighted by atomic mass is 9.98. The minimum atomic E-state index is -0.816. The number of esters is 2. The van der Waals surface area contributed by atoms with Gasteiger partial charge in [0.1, 0.15) is 19.3 Å². The average molecular weight is 490 g/mol. The summed E-state index contributed by atoms with van der Waals surface area (Å²) in [5.74, 6) is -1.09. The fourth-order valence-electron chi connectivity index (χ4n) is 3.98. The van der Waals surface area contributed by atoms with E-state index in [1.54, 1.807) is 20.3 Å². The molecular weight excluding hydrogens is 450 g/mol. The van der Waals surface area contributed by atoms with Crippen LogP contribution in [0.15, 0.2) is 42.5 Å². The Balaban J connectivity index is 2.17. The molecule has 0 fully saturated rings. The van der Waals surface area contributed by atoms with Crippen LogP contribution in [0.3, 0.4) is 0 Å². The van der Waals surface area contributed by atoms with Crippen molar-refractivity contribution in [3.05, 3.63) is 48.0 Å². The van der Waals surface area contributed by atoms with Gasteiger partial charge in [0.15, 0.2) is 0 Å². The second-order valence-electron chi connectivity index (χ2n) is 9.03. The lowest BCUT2D eigenvalue weighted by Gasteiger charge is -2.24. The van der Waals surface area contributed by atoms with Crippen LogP contribution in [0.4, 0.5) is 0 Å². The Morgan fingerprint density at radius 1 is 0.971 bits per heavy atom. The number of carbonyl (C=O) groups is 3. The van der Waals surface area contributed by atoms with Gasteiger partial charge < -0.3 is 24.3 Å². The highest BCUT2D eigenvalue weighted by Gasteiger charge is 2.26. The minimum Gasteiger partial charge on any atom is -0.463 e. The van der Waals surface area contributed by atoms with Crippen LogP contribution < -0.4 is 5.32 Å². The molecule has 0 saturated heterocycles. The van der Waals surface area contributed by atoms with Crippen molar-refractivity contribution in [2.45, 2.75) is 64.2 Å². The zero-order valence-corrected chi connectivity index (χ0v) is 21.2. The Kier molecular flexibility index (Phi) is 12.5. The van der Waals surface area contributed by atoms with E-state index >= 15 is 0 Å². The van der Waals surface area contributed by atoms with Gasteiger partial charge in [-0.3, -0.25) is 9.59 Å². The number of hydrogen-bond acceptors (Lipinski definition) is 7. The maximum absolute atomic E-state index is 13.0. The smallest absolute Gasteiger partial charge is 0.329 e. The summed E-state index contributed by atoms with van der Waals surface area (Å²) in [5.41, 5.74) is 0.918. The molecule has 0 radical (unpaired) electrons. The Bertz CT molecular complexity index is 826. The van der Waals surface area contributed by atoms with Gasteiger partial charge in [0, 0.05) is 39.4 Å². The van der Waals surface area contributed by atoms with E-state index in [2.05, 4.69) is 5.32 Å². The van der Waals surface area contributed by atoms with Gasteiger partial charge in [-0.2, -0.15) is 0 Å². The molecule has 0 spiro atoms. The SMILES string of the molecule is CO[C@@H]1COC(=O)CCC[C@@H](C)[C@H](OC)COC(=O)[C@H](Cc2ccccc2)NC(=O)CC=C[C@H]1C.